The zero-order valence-electron chi connectivity index (χ0n) is 16.7. The molecule has 6 nitrogen and oxygen atoms in total. The molecular formula is C23H16F2N4O2S. The van der Waals surface area contributed by atoms with Gasteiger partial charge in [-0.1, -0.05) is 5.92 Å². The molecule has 0 unspecified atom stereocenters. The third kappa shape index (κ3) is 3.75. The third-order valence-electron chi connectivity index (χ3n) is 4.87. The van der Waals surface area contributed by atoms with E-state index in [1.54, 1.807) is 6.07 Å². The van der Waals surface area contributed by atoms with Crippen LogP contribution in [0.2, 0.25) is 0 Å². The van der Waals surface area contributed by atoms with E-state index in [2.05, 4.69) is 26.9 Å². The Morgan fingerprint density at radius 1 is 1.19 bits per heavy atom. The summed E-state index contributed by atoms with van der Waals surface area (Å²) in [4.78, 5) is 10.7. The summed E-state index contributed by atoms with van der Waals surface area (Å²) in [5.41, 5.74) is 2.42. The molecule has 0 atom stereocenters. The van der Waals surface area contributed by atoms with E-state index in [4.69, 9.17) is 9.84 Å². The number of aliphatic hydroxyl groups excluding tert-OH is 1. The van der Waals surface area contributed by atoms with E-state index in [0.29, 0.717) is 42.4 Å². The normalized spacial score (nSPS) is 12.2. The lowest BCUT2D eigenvalue weighted by Crippen LogP contribution is -2.02. The second-order valence-electron chi connectivity index (χ2n) is 6.97. The Balaban J connectivity index is 1.59. The second kappa shape index (κ2) is 8.49. The number of hydrogen-bond acceptors (Lipinski definition) is 6. The number of aliphatic hydroxyl groups is 1. The molecule has 0 spiro atoms. The van der Waals surface area contributed by atoms with Crippen molar-refractivity contribution in [3.8, 4) is 44.6 Å². The number of nitrogens with zero attached hydrogens (tertiary/aromatic N) is 4. The zero-order valence-corrected chi connectivity index (χ0v) is 17.5. The summed E-state index contributed by atoms with van der Waals surface area (Å²) >= 11 is 1.45. The molecule has 0 aliphatic carbocycles. The standard InChI is InChI=1S/C23H16F2N4O2S/c24-15-4-6-18(17(25)12-15)29-23(26-13-27-29)20-11-14-8-10-31-19-7-5-16(3-1-2-9-30)28-21(19)22(14)32-20/h4-7,11-13,30H,2,8-10H2. The molecule has 1 N–H and O–H groups in total. The van der Waals surface area contributed by atoms with Crippen molar-refractivity contribution in [2.24, 2.45) is 0 Å². The number of ether oxygens (including phenoxy) is 1. The molecule has 160 valence electrons. The molecular weight excluding hydrogens is 434 g/mol. The molecule has 1 aliphatic rings. The summed E-state index contributed by atoms with van der Waals surface area (Å²) in [5, 5.41) is 13.1. The smallest absolute Gasteiger partial charge is 0.173 e. The van der Waals surface area contributed by atoms with Gasteiger partial charge in [-0.05, 0) is 41.8 Å². The maximum absolute atomic E-state index is 14.4. The van der Waals surface area contributed by atoms with Crippen LogP contribution in [0.4, 0.5) is 8.78 Å². The predicted octanol–water partition coefficient (Wildman–Crippen LogP) is 4.00. The Morgan fingerprint density at radius 3 is 2.94 bits per heavy atom. The van der Waals surface area contributed by atoms with Crippen molar-refractivity contribution >= 4 is 11.3 Å². The minimum Gasteiger partial charge on any atom is -0.491 e. The molecule has 4 heterocycles. The fourth-order valence-corrected chi connectivity index (χ4v) is 4.63. The summed E-state index contributed by atoms with van der Waals surface area (Å²) in [6.07, 6.45) is 2.39. The second-order valence-corrected chi connectivity index (χ2v) is 8.03. The van der Waals surface area contributed by atoms with Crippen molar-refractivity contribution in [1.82, 2.24) is 19.7 Å². The fourth-order valence-electron chi connectivity index (χ4n) is 3.44. The van der Waals surface area contributed by atoms with Gasteiger partial charge in [0, 0.05) is 18.9 Å². The Morgan fingerprint density at radius 2 is 2.09 bits per heavy atom. The van der Waals surface area contributed by atoms with E-state index in [9.17, 15) is 8.78 Å². The molecule has 1 aromatic carbocycles. The quantitative estimate of drug-likeness (QED) is 0.478. The molecule has 3 aromatic heterocycles. The van der Waals surface area contributed by atoms with Crippen LogP contribution in [-0.4, -0.2) is 38.1 Å². The fraction of sp³-hybridized carbons (Fsp3) is 0.174. The molecule has 9 heteroatoms. The number of fused-ring (bicyclic) bond motifs is 3. The van der Waals surface area contributed by atoms with Gasteiger partial charge in [-0.25, -0.2) is 23.4 Å². The third-order valence-corrected chi connectivity index (χ3v) is 6.05. The van der Waals surface area contributed by atoms with E-state index < -0.39 is 11.6 Å². The lowest BCUT2D eigenvalue weighted by atomic mass is 10.1. The highest BCUT2D eigenvalue weighted by Gasteiger charge is 2.23. The highest BCUT2D eigenvalue weighted by molar-refractivity contribution is 7.19. The predicted molar refractivity (Wildman–Crippen MR) is 116 cm³/mol. The number of hydrogen-bond donors (Lipinski definition) is 1. The van der Waals surface area contributed by atoms with Crippen LogP contribution in [0.5, 0.6) is 5.75 Å². The van der Waals surface area contributed by atoms with Gasteiger partial charge < -0.3 is 9.84 Å². The first kappa shape index (κ1) is 20.3. The maximum atomic E-state index is 14.4. The summed E-state index contributed by atoms with van der Waals surface area (Å²) in [7, 11) is 0. The first-order valence-electron chi connectivity index (χ1n) is 9.86. The van der Waals surface area contributed by atoms with Crippen LogP contribution < -0.4 is 4.74 Å². The van der Waals surface area contributed by atoms with Crippen LogP contribution in [0.25, 0.3) is 27.0 Å². The van der Waals surface area contributed by atoms with Gasteiger partial charge in [0.15, 0.2) is 11.6 Å². The minimum atomic E-state index is -0.721. The Kier molecular flexibility index (Phi) is 5.39. The van der Waals surface area contributed by atoms with Gasteiger partial charge in [-0.3, -0.25) is 0 Å². The summed E-state index contributed by atoms with van der Waals surface area (Å²) < 4.78 is 35.0. The molecule has 0 saturated carbocycles. The van der Waals surface area contributed by atoms with E-state index in [1.165, 1.54) is 34.5 Å². The van der Waals surface area contributed by atoms with Crippen LogP contribution in [0.15, 0.2) is 42.7 Å². The lowest BCUT2D eigenvalue weighted by Gasteiger charge is -2.07. The largest absolute Gasteiger partial charge is 0.491 e. The molecule has 0 bridgehead atoms. The average Bonchev–Trinajstić information content (AvgIpc) is 3.38. The van der Waals surface area contributed by atoms with E-state index in [1.807, 2.05) is 12.1 Å². The van der Waals surface area contributed by atoms with Crippen LogP contribution in [0.1, 0.15) is 17.7 Å². The topological polar surface area (TPSA) is 73.1 Å². The van der Waals surface area contributed by atoms with Crippen molar-refractivity contribution in [1.29, 1.82) is 0 Å². The molecule has 0 radical (unpaired) electrons. The average molecular weight is 450 g/mol. The Hall–Kier alpha value is -3.61. The van der Waals surface area contributed by atoms with Crippen LogP contribution in [-0.2, 0) is 6.42 Å². The lowest BCUT2D eigenvalue weighted by molar-refractivity contribution is 0.305. The summed E-state index contributed by atoms with van der Waals surface area (Å²) in [6.45, 7) is 0.488. The number of pyridine rings is 1. The molecule has 5 rings (SSSR count). The van der Waals surface area contributed by atoms with Crippen LogP contribution in [0, 0.1) is 23.5 Å². The molecule has 1 aliphatic heterocycles. The first-order chi connectivity index (χ1) is 15.6. The highest BCUT2D eigenvalue weighted by atomic mass is 32.1. The van der Waals surface area contributed by atoms with Gasteiger partial charge in [0.05, 0.1) is 23.0 Å². The molecule has 0 saturated heterocycles. The van der Waals surface area contributed by atoms with Crippen molar-refractivity contribution < 1.29 is 18.6 Å². The number of aromatic nitrogens is 4. The van der Waals surface area contributed by atoms with Crippen LogP contribution >= 0.6 is 11.3 Å². The van der Waals surface area contributed by atoms with Crippen molar-refractivity contribution in [2.75, 3.05) is 13.2 Å². The van der Waals surface area contributed by atoms with Gasteiger partial charge in [0.1, 0.15) is 35.0 Å². The van der Waals surface area contributed by atoms with Crippen molar-refractivity contribution in [3.63, 3.8) is 0 Å². The van der Waals surface area contributed by atoms with Crippen LogP contribution in [0.3, 0.4) is 0 Å². The molecule has 32 heavy (non-hydrogen) atoms. The summed E-state index contributed by atoms with van der Waals surface area (Å²) in [5.74, 6) is 5.57. The van der Waals surface area contributed by atoms with Gasteiger partial charge in [-0.2, -0.15) is 5.10 Å². The summed E-state index contributed by atoms with van der Waals surface area (Å²) in [6, 6.07) is 8.95. The van der Waals surface area contributed by atoms with Gasteiger partial charge >= 0.3 is 0 Å². The molecule has 0 fully saturated rings. The van der Waals surface area contributed by atoms with Gasteiger partial charge in [-0.15, -0.1) is 11.3 Å². The van der Waals surface area contributed by atoms with Gasteiger partial charge in [0.25, 0.3) is 0 Å². The maximum Gasteiger partial charge on any atom is 0.173 e. The highest BCUT2D eigenvalue weighted by Crippen LogP contribution is 2.42. The Bertz CT molecular complexity index is 1370. The molecule has 0 amide bonds. The van der Waals surface area contributed by atoms with E-state index in [0.717, 1.165) is 21.4 Å². The zero-order chi connectivity index (χ0) is 22.1. The Labute approximate surface area is 186 Å². The number of thiophene rings is 1. The van der Waals surface area contributed by atoms with Gasteiger partial charge in [0.2, 0.25) is 0 Å². The SMILES string of the molecule is OCCC#Cc1ccc2c(n1)-c1sc(-c3ncnn3-c3ccc(F)cc3F)cc1CCO2. The number of benzene rings is 1. The van der Waals surface area contributed by atoms with Crippen molar-refractivity contribution in [3.05, 3.63) is 65.6 Å². The van der Waals surface area contributed by atoms with E-state index in [-0.39, 0.29) is 12.3 Å². The monoisotopic (exact) mass is 450 g/mol. The van der Waals surface area contributed by atoms with E-state index >= 15 is 0 Å². The minimum absolute atomic E-state index is 0.00514. The first-order valence-corrected chi connectivity index (χ1v) is 10.7. The van der Waals surface area contributed by atoms with Crippen molar-refractivity contribution in [2.45, 2.75) is 12.8 Å². The molecule has 4 aromatic rings. The number of halogens is 2. The number of rotatable bonds is 3.